The summed E-state index contributed by atoms with van der Waals surface area (Å²) in [4.78, 5) is 0. The van der Waals surface area contributed by atoms with E-state index in [9.17, 15) is 8.78 Å². The first kappa shape index (κ1) is 10.4. The minimum atomic E-state index is -0.611. The van der Waals surface area contributed by atoms with Crippen LogP contribution in [0.25, 0.3) is 0 Å². The molecule has 0 radical (unpaired) electrons. The molecule has 0 amide bonds. The van der Waals surface area contributed by atoms with Gasteiger partial charge in [-0.2, -0.15) is 0 Å². The Kier molecular flexibility index (Phi) is 2.38. The van der Waals surface area contributed by atoms with Gasteiger partial charge in [-0.3, -0.25) is 0 Å². The molecule has 1 saturated carbocycles. The van der Waals surface area contributed by atoms with Crippen LogP contribution in [0.3, 0.4) is 0 Å². The number of ether oxygens (including phenoxy) is 1. The van der Waals surface area contributed by atoms with Gasteiger partial charge in [-0.05, 0) is 25.0 Å². The average Bonchev–Trinajstić information content (AvgIpc) is 2.99. The van der Waals surface area contributed by atoms with Crippen molar-refractivity contribution >= 4 is 0 Å². The molecule has 1 aliphatic rings. The Hall–Kier alpha value is -1.16. The maximum absolute atomic E-state index is 13.8. The van der Waals surface area contributed by atoms with Crippen molar-refractivity contribution in [2.45, 2.75) is 18.3 Å². The number of methoxy groups -OCH3 is 1. The highest BCUT2D eigenvalue weighted by molar-refractivity contribution is 5.40. The Balaban J connectivity index is 2.54. The Morgan fingerprint density at radius 2 is 2.07 bits per heavy atom. The summed E-state index contributed by atoms with van der Waals surface area (Å²) in [5.74, 6) is -1.07. The van der Waals surface area contributed by atoms with Gasteiger partial charge in [0.2, 0.25) is 0 Å². The molecular weight excluding hydrogens is 200 g/mol. The number of benzene rings is 1. The highest BCUT2D eigenvalue weighted by Crippen LogP contribution is 2.50. The molecule has 0 bridgehead atoms. The smallest absolute Gasteiger partial charge is 0.171 e. The van der Waals surface area contributed by atoms with E-state index in [0.717, 1.165) is 12.8 Å². The molecule has 1 fully saturated rings. The van der Waals surface area contributed by atoms with Crippen molar-refractivity contribution in [1.29, 1.82) is 0 Å². The van der Waals surface area contributed by atoms with E-state index >= 15 is 0 Å². The highest BCUT2D eigenvalue weighted by Gasteiger charge is 2.47. The minimum absolute atomic E-state index is 0.0751. The largest absolute Gasteiger partial charge is 0.494 e. The van der Waals surface area contributed by atoms with E-state index in [1.165, 1.54) is 19.2 Å². The van der Waals surface area contributed by atoms with Crippen molar-refractivity contribution in [3.05, 3.63) is 29.3 Å². The molecule has 2 nitrogen and oxygen atoms in total. The number of hydrogen-bond acceptors (Lipinski definition) is 2. The minimum Gasteiger partial charge on any atom is -0.494 e. The van der Waals surface area contributed by atoms with Gasteiger partial charge in [-0.1, -0.05) is 0 Å². The van der Waals surface area contributed by atoms with Gasteiger partial charge in [0.05, 0.1) is 7.11 Å². The molecule has 82 valence electrons. The average molecular weight is 213 g/mol. The fraction of sp³-hybridized carbons (Fsp3) is 0.455. The Morgan fingerprint density at radius 1 is 1.40 bits per heavy atom. The van der Waals surface area contributed by atoms with Crippen LogP contribution in [0.5, 0.6) is 5.75 Å². The van der Waals surface area contributed by atoms with E-state index in [4.69, 9.17) is 10.5 Å². The van der Waals surface area contributed by atoms with E-state index in [0.29, 0.717) is 0 Å². The molecule has 0 unspecified atom stereocenters. The number of rotatable bonds is 3. The standard InChI is InChI=1S/C11H13F2NO/c1-15-8-3-2-7(12)9(10(8)13)11(6-14)4-5-11/h2-3H,4-6,14H2,1H3. The number of hydrogen-bond donors (Lipinski definition) is 1. The summed E-state index contributed by atoms with van der Waals surface area (Å²) in [6, 6.07) is 2.52. The maximum atomic E-state index is 13.8. The second-order valence-electron chi connectivity index (χ2n) is 3.92. The highest BCUT2D eigenvalue weighted by atomic mass is 19.1. The third kappa shape index (κ3) is 1.49. The Bertz CT molecular complexity index is 388. The van der Waals surface area contributed by atoms with Crippen LogP contribution in [0.15, 0.2) is 12.1 Å². The lowest BCUT2D eigenvalue weighted by atomic mass is 9.94. The Morgan fingerprint density at radius 3 is 2.53 bits per heavy atom. The van der Waals surface area contributed by atoms with Crippen molar-refractivity contribution in [3.63, 3.8) is 0 Å². The van der Waals surface area contributed by atoms with Gasteiger partial charge in [-0.25, -0.2) is 8.78 Å². The molecule has 2 rings (SSSR count). The van der Waals surface area contributed by atoms with E-state index in [1.54, 1.807) is 0 Å². The molecule has 2 N–H and O–H groups in total. The monoisotopic (exact) mass is 213 g/mol. The van der Waals surface area contributed by atoms with Crippen molar-refractivity contribution in [2.75, 3.05) is 13.7 Å². The van der Waals surface area contributed by atoms with Gasteiger partial charge < -0.3 is 10.5 Å². The zero-order chi connectivity index (χ0) is 11.1. The molecule has 0 atom stereocenters. The maximum Gasteiger partial charge on any atom is 0.171 e. The summed E-state index contributed by atoms with van der Waals surface area (Å²) in [7, 11) is 1.36. The molecule has 0 heterocycles. The van der Waals surface area contributed by atoms with Gasteiger partial charge in [0.15, 0.2) is 11.6 Å². The van der Waals surface area contributed by atoms with Crippen molar-refractivity contribution in [3.8, 4) is 5.75 Å². The van der Waals surface area contributed by atoms with Crippen LogP contribution in [0.4, 0.5) is 8.78 Å². The summed E-state index contributed by atoms with van der Waals surface area (Å²) < 4.78 is 32.2. The molecule has 0 saturated heterocycles. The number of halogens is 2. The first-order valence-electron chi connectivity index (χ1n) is 4.87. The third-order valence-electron chi connectivity index (χ3n) is 3.05. The van der Waals surface area contributed by atoms with Crippen molar-refractivity contribution in [1.82, 2.24) is 0 Å². The summed E-state index contributed by atoms with van der Waals surface area (Å²) in [6.07, 6.45) is 1.48. The van der Waals surface area contributed by atoms with Crippen LogP contribution in [-0.2, 0) is 5.41 Å². The first-order chi connectivity index (χ1) is 7.14. The molecule has 1 aromatic rings. The van der Waals surface area contributed by atoms with Crippen molar-refractivity contribution < 1.29 is 13.5 Å². The lowest BCUT2D eigenvalue weighted by Gasteiger charge is -2.16. The second kappa shape index (κ2) is 3.45. The SMILES string of the molecule is COc1ccc(F)c(C2(CN)CC2)c1F. The van der Waals surface area contributed by atoms with Crippen LogP contribution >= 0.6 is 0 Å². The van der Waals surface area contributed by atoms with Crippen molar-refractivity contribution in [2.24, 2.45) is 5.73 Å². The van der Waals surface area contributed by atoms with Gasteiger partial charge in [0.1, 0.15) is 5.82 Å². The summed E-state index contributed by atoms with van der Waals surface area (Å²) in [6.45, 7) is 0.272. The van der Waals surface area contributed by atoms with Crippen LogP contribution in [0.1, 0.15) is 18.4 Å². The normalized spacial score (nSPS) is 17.6. The molecule has 0 spiro atoms. The topological polar surface area (TPSA) is 35.2 Å². The molecule has 0 aromatic heterocycles. The van der Waals surface area contributed by atoms with Gasteiger partial charge in [-0.15, -0.1) is 0 Å². The molecule has 4 heteroatoms. The zero-order valence-corrected chi connectivity index (χ0v) is 8.52. The number of nitrogens with two attached hydrogens (primary N) is 1. The third-order valence-corrected chi connectivity index (χ3v) is 3.05. The van der Waals surface area contributed by atoms with Crippen LogP contribution in [0, 0.1) is 11.6 Å². The van der Waals surface area contributed by atoms with Gasteiger partial charge in [0, 0.05) is 17.5 Å². The summed E-state index contributed by atoms with van der Waals surface area (Å²) in [5, 5.41) is 0. The fourth-order valence-electron chi connectivity index (χ4n) is 1.88. The lowest BCUT2D eigenvalue weighted by Crippen LogP contribution is -2.22. The molecule has 1 aromatic carbocycles. The van der Waals surface area contributed by atoms with E-state index in [-0.39, 0.29) is 17.9 Å². The molecule has 1 aliphatic carbocycles. The molecule has 0 aliphatic heterocycles. The predicted octanol–water partition coefficient (Wildman–Crippen LogP) is 1.96. The van der Waals surface area contributed by atoms with Gasteiger partial charge >= 0.3 is 0 Å². The Labute approximate surface area is 87.0 Å². The summed E-state index contributed by atoms with van der Waals surface area (Å²) >= 11 is 0. The van der Waals surface area contributed by atoms with Crippen LogP contribution in [0.2, 0.25) is 0 Å². The van der Waals surface area contributed by atoms with Crippen LogP contribution in [-0.4, -0.2) is 13.7 Å². The molecular formula is C11H13F2NO. The zero-order valence-electron chi connectivity index (χ0n) is 8.52. The van der Waals surface area contributed by atoms with E-state index < -0.39 is 17.0 Å². The first-order valence-corrected chi connectivity index (χ1v) is 4.87. The fourth-order valence-corrected chi connectivity index (χ4v) is 1.88. The second-order valence-corrected chi connectivity index (χ2v) is 3.92. The summed E-state index contributed by atoms with van der Waals surface area (Å²) in [5.41, 5.74) is 5.15. The quantitative estimate of drug-likeness (QED) is 0.833. The van der Waals surface area contributed by atoms with Crippen LogP contribution < -0.4 is 10.5 Å². The molecule has 15 heavy (non-hydrogen) atoms. The van der Waals surface area contributed by atoms with Gasteiger partial charge in [0.25, 0.3) is 0 Å². The van der Waals surface area contributed by atoms with E-state index in [1.807, 2.05) is 0 Å². The lowest BCUT2D eigenvalue weighted by molar-refractivity contribution is 0.376. The van der Waals surface area contributed by atoms with E-state index in [2.05, 4.69) is 0 Å². The predicted molar refractivity (Wildman–Crippen MR) is 52.9 cm³/mol.